The van der Waals surface area contributed by atoms with Crippen molar-refractivity contribution in [2.75, 3.05) is 0 Å². The van der Waals surface area contributed by atoms with E-state index >= 15 is 0 Å². The monoisotopic (exact) mass is 864 g/mol. The Morgan fingerprint density at radius 2 is 0.574 bits per heavy atom. The number of rotatable bonds is 5. The van der Waals surface area contributed by atoms with Gasteiger partial charge < -0.3 is 18.3 Å². The first-order chi connectivity index (χ1) is 33.7. The maximum atomic E-state index is 11.9. The molecule has 314 valence electrons. The average molecular weight is 865 g/mol. The van der Waals surface area contributed by atoms with Gasteiger partial charge in [0.2, 0.25) is 5.69 Å². The normalized spacial score (nSPS) is 11.8. The van der Waals surface area contributed by atoms with Crippen molar-refractivity contribution in [3.05, 3.63) is 235 Å². The van der Waals surface area contributed by atoms with Crippen molar-refractivity contribution in [2.24, 2.45) is 0 Å². The van der Waals surface area contributed by atoms with Gasteiger partial charge in [-0.1, -0.05) is 158 Å². The molecule has 6 nitrogen and oxygen atoms in total. The molecule has 10 aromatic carbocycles. The van der Waals surface area contributed by atoms with E-state index < -0.39 is 0 Å². The van der Waals surface area contributed by atoms with Crippen LogP contribution < -0.4 is 0 Å². The Kier molecular flexibility index (Phi) is 8.01. The second-order valence-electron chi connectivity index (χ2n) is 17.4. The average Bonchev–Trinajstić information content (AvgIpc) is 4.13. The lowest BCUT2D eigenvalue weighted by atomic mass is 9.95. The topological polar surface area (TPSA) is 47.9 Å². The molecule has 4 aromatic heterocycles. The van der Waals surface area contributed by atoms with Gasteiger partial charge >= 0.3 is 0 Å². The summed E-state index contributed by atoms with van der Waals surface area (Å²) >= 11 is 0. The van der Waals surface area contributed by atoms with Crippen molar-refractivity contribution in [1.82, 2.24) is 18.3 Å². The maximum Gasteiger partial charge on any atom is 0.234 e. The van der Waals surface area contributed by atoms with E-state index in [0.717, 1.165) is 121 Å². The lowest BCUT2D eigenvalue weighted by molar-refractivity contribution is 1.11. The van der Waals surface area contributed by atoms with Crippen molar-refractivity contribution in [2.45, 2.75) is 0 Å². The van der Waals surface area contributed by atoms with Gasteiger partial charge in [0.05, 0.1) is 73.5 Å². The van der Waals surface area contributed by atoms with E-state index in [9.17, 15) is 11.8 Å². The van der Waals surface area contributed by atoms with Crippen molar-refractivity contribution in [1.29, 1.82) is 5.26 Å². The van der Waals surface area contributed by atoms with E-state index in [2.05, 4.69) is 248 Å². The minimum atomic E-state index is 0.499. The largest absolute Gasteiger partial charge is 0.319 e. The molecule has 0 aliphatic carbocycles. The highest BCUT2D eigenvalue weighted by Gasteiger charge is 2.29. The molecule has 0 spiro atoms. The molecular weight excluding hydrogens is 829 g/mol. The lowest BCUT2D eigenvalue weighted by Crippen LogP contribution is -2.08. The van der Waals surface area contributed by atoms with Gasteiger partial charge in [-0.3, -0.25) is 0 Å². The number of aromatic nitrogens is 4. The number of fused-ring (bicyclic) bond motifs is 12. The molecule has 0 saturated carbocycles. The molecule has 4 heterocycles. The summed E-state index contributed by atoms with van der Waals surface area (Å²) in [6.07, 6.45) is 0. The van der Waals surface area contributed by atoms with E-state index in [1.54, 1.807) is 0 Å². The summed E-state index contributed by atoms with van der Waals surface area (Å²) in [6, 6.07) is 79.0. The van der Waals surface area contributed by atoms with Gasteiger partial charge in [0.1, 0.15) is 11.6 Å². The molecule has 0 atom stereocenters. The highest BCUT2D eigenvalue weighted by atomic mass is 15.1. The summed E-state index contributed by atoms with van der Waals surface area (Å²) < 4.78 is 9.06. The zero-order chi connectivity index (χ0) is 45.0. The number of para-hydroxylation sites is 8. The third-order valence-electron chi connectivity index (χ3n) is 14.0. The molecule has 0 saturated heterocycles. The van der Waals surface area contributed by atoms with Crippen molar-refractivity contribution in [3.63, 3.8) is 0 Å². The van der Waals surface area contributed by atoms with Crippen LogP contribution in [0, 0.1) is 17.9 Å². The molecule has 14 rings (SSSR count). The Morgan fingerprint density at radius 3 is 0.897 bits per heavy atom. The fraction of sp³-hybridized carbons (Fsp3) is 0. The fourth-order valence-corrected chi connectivity index (χ4v) is 11.3. The third kappa shape index (κ3) is 5.09. The smallest absolute Gasteiger partial charge is 0.234 e. The minimum Gasteiger partial charge on any atom is -0.319 e. The predicted molar refractivity (Wildman–Crippen MR) is 280 cm³/mol. The predicted octanol–water partition coefficient (Wildman–Crippen LogP) is 16.2. The summed E-state index contributed by atoms with van der Waals surface area (Å²) in [5, 5.41) is 20.8. The van der Waals surface area contributed by atoms with Crippen molar-refractivity contribution < 1.29 is 0 Å². The van der Waals surface area contributed by atoms with Crippen LogP contribution in [0.25, 0.3) is 126 Å². The molecule has 0 N–H and O–H groups in total. The van der Waals surface area contributed by atoms with Gasteiger partial charge in [-0.15, -0.1) is 0 Å². The van der Waals surface area contributed by atoms with Crippen LogP contribution in [0.5, 0.6) is 0 Å². The van der Waals surface area contributed by atoms with Crippen LogP contribution in [-0.2, 0) is 0 Å². The molecule has 0 aliphatic heterocycles. The molecule has 68 heavy (non-hydrogen) atoms. The van der Waals surface area contributed by atoms with Crippen LogP contribution in [0.2, 0.25) is 0 Å². The van der Waals surface area contributed by atoms with E-state index in [0.29, 0.717) is 11.3 Å². The summed E-state index contributed by atoms with van der Waals surface area (Å²) in [6.45, 7) is 9.33. The van der Waals surface area contributed by atoms with Crippen molar-refractivity contribution in [3.8, 4) is 39.9 Å². The summed E-state index contributed by atoms with van der Waals surface area (Å²) in [5.74, 6) is 0. The summed E-state index contributed by atoms with van der Waals surface area (Å²) in [4.78, 5) is 4.59. The Labute approximate surface area is 390 Å². The number of nitrogens with zero attached hydrogens (tertiary/aromatic N) is 6. The molecule has 0 fully saturated rings. The number of hydrogen-bond acceptors (Lipinski definition) is 1. The standard InChI is InChI=1S/C62H36N6/c1-64-60-59(66-52-28-12-4-20-41(52)42-21-5-13-29-53(42)66)37-35-48(62(60)68-56-32-16-8-24-45(56)46-25-9-17-33-57(46)68)47-34-36-58(65-50-26-10-2-18-39(50)40-19-3-11-27-51(40)65)49(38-63)61(47)67-54-30-14-6-22-43(54)44-23-7-15-31-55(44)67/h2-37H. The zero-order valence-corrected chi connectivity index (χ0v) is 36.5. The molecule has 0 aliphatic rings. The highest BCUT2D eigenvalue weighted by Crippen LogP contribution is 2.49. The van der Waals surface area contributed by atoms with Crippen LogP contribution in [0.1, 0.15) is 5.56 Å². The third-order valence-corrected chi connectivity index (χ3v) is 14.0. The molecule has 0 unspecified atom stereocenters. The quantitative estimate of drug-likeness (QED) is 0.159. The van der Waals surface area contributed by atoms with E-state index in [-0.39, 0.29) is 0 Å². The van der Waals surface area contributed by atoms with Gasteiger partial charge in [0, 0.05) is 48.7 Å². The second kappa shape index (κ2) is 14.4. The maximum absolute atomic E-state index is 11.9. The van der Waals surface area contributed by atoms with E-state index in [1.807, 2.05) is 0 Å². The Balaban J connectivity index is 1.19. The van der Waals surface area contributed by atoms with E-state index in [4.69, 9.17) is 0 Å². The van der Waals surface area contributed by atoms with Crippen molar-refractivity contribution >= 4 is 92.9 Å². The van der Waals surface area contributed by atoms with Gasteiger partial charge in [0.15, 0.2) is 0 Å². The van der Waals surface area contributed by atoms with E-state index in [1.165, 1.54) is 0 Å². The Morgan fingerprint density at radius 1 is 0.309 bits per heavy atom. The summed E-state index contributed by atoms with van der Waals surface area (Å²) in [7, 11) is 0. The number of hydrogen-bond donors (Lipinski definition) is 0. The van der Waals surface area contributed by atoms with Gasteiger partial charge in [-0.2, -0.15) is 5.26 Å². The zero-order valence-electron chi connectivity index (χ0n) is 36.5. The van der Waals surface area contributed by atoms with Crippen LogP contribution in [0.4, 0.5) is 5.69 Å². The lowest BCUT2D eigenvalue weighted by Gasteiger charge is -2.24. The molecule has 14 aromatic rings. The van der Waals surface area contributed by atoms with Crippen LogP contribution in [0.3, 0.4) is 0 Å². The van der Waals surface area contributed by atoms with Crippen LogP contribution >= 0.6 is 0 Å². The first-order valence-electron chi connectivity index (χ1n) is 22.8. The van der Waals surface area contributed by atoms with Gasteiger partial charge in [-0.05, 0) is 66.2 Å². The minimum absolute atomic E-state index is 0.499. The first kappa shape index (κ1) is 37.7. The molecule has 0 radical (unpaired) electrons. The molecule has 0 amide bonds. The highest BCUT2D eigenvalue weighted by molar-refractivity contribution is 6.15. The number of nitriles is 1. The molecular formula is C62H36N6. The first-order valence-corrected chi connectivity index (χ1v) is 22.8. The summed E-state index contributed by atoms with van der Waals surface area (Å²) in [5.41, 5.74) is 13.7. The fourth-order valence-electron chi connectivity index (χ4n) is 11.3. The Hall–Kier alpha value is -9.62. The van der Waals surface area contributed by atoms with Crippen LogP contribution in [-0.4, -0.2) is 18.3 Å². The SMILES string of the molecule is [C-]#[N+]c1c(-n2c3ccccc3c3ccccc32)ccc(-c2ccc(-n3c4ccccc4c4ccccc43)c(C#N)c2-n2c3ccccc3c3ccccc32)c1-n1c2ccccc2c2ccccc21. The van der Waals surface area contributed by atoms with Crippen LogP contribution in [0.15, 0.2) is 218 Å². The molecule has 0 bridgehead atoms. The Bertz CT molecular complexity index is 4030. The second-order valence-corrected chi connectivity index (χ2v) is 17.4. The number of benzene rings is 10. The molecule has 6 heteroatoms. The van der Waals surface area contributed by atoms with Gasteiger partial charge in [0.25, 0.3) is 0 Å². The van der Waals surface area contributed by atoms with Gasteiger partial charge in [-0.25, -0.2) is 4.85 Å².